The molecule has 4 unspecified atom stereocenters. The molecule has 14 heteroatoms. The Hall–Kier alpha value is -5.66. The molecule has 14 nitrogen and oxygen atoms in total. The molecule has 0 radical (unpaired) electrons. The number of ether oxygens (including phenoxy) is 2. The number of carbonyl (C=O) groups is 6. The molecule has 2 rings (SSSR count). The molecular formula is C36H47N5O9. The van der Waals surface area contributed by atoms with Crippen LogP contribution >= 0.6 is 0 Å². The second kappa shape index (κ2) is 20.0. The van der Waals surface area contributed by atoms with Gasteiger partial charge in [0.1, 0.15) is 35.5 Å². The number of aromatic hydroxyl groups is 1. The number of esters is 1. The van der Waals surface area contributed by atoms with Gasteiger partial charge in [0.05, 0.1) is 13.7 Å². The topological polar surface area (TPSA) is 201 Å². The van der Waals surface area contributed by atoms with Crippen molar-refractivity contribution in [1.82, 2.24) is 26.6 Å². The molecule has 0 aliphatic heterocycles. The molecule has 0 spiro atoms. The van der Waals surface area contributed by atoms with E-state index in [1.807, 2.05) is 0 Å². The van der Waals surface area contributed by atoms with Gasteiger partial charge in [0.2, 0.25) is 23.6 Å². The quantitative estimate of drug-likeness (QED) is 0.0998. The Morgan fingerprint density at radius 2 is 1.24 bits per heavy atom. The van der Waals surface area contributed by atoms with Crippen molar-refractivity contribution in [3.63, 3.8) is 0 Å². The smallest absolute Gasteiger partial charge is 0.408 e. The highest BCUT2D eigenvalue weighted by atomic mass is 16.6. The Morgan fingerprint density at radius 3 is 1.78 bits per heavy atom. The number of methoxy groups -OCH3 is 1. The van der Waals surface area contributed by atoms with E-state index in [-0.39, 0.29) is 31.4 Å². The van der Waals surface area contributed by atoms with E-state index in [0.717, 1.165) is 5.56 Å². The van der Waals surface area contributed by atoms with Crippen LogP contribution < -0.4 is 26.6 Å². The number of phenols is 1. The van der Waals surface area contributed by atoms with Crippen LogP contribution in [0, 0.1) is 0 Å². The third-order valence-corrected chi connectivity index (χ3v) is 6.98. The molecule has 2 aromatic carbocycles. The predicted molar refractivity (Wildman–Crippen MR) is 186 cm³/mol. The molecule has 6 N–H and O–H groups in total. The first-order chi connectivity index (χ1) is 23.6. The van der Waals surface area contributed by atoms with Crippen LogP contribution in [0.2, 0.25) is 0 Å². The predicted octanol–water partition coefficient (Wildman–Crippen LogP) is 1.97. The van der Waals surface area contributed by atoms with Crippen molar-refractivity contribution in [3.8, 4) is 5.75 Å². The summed E-state index contributed by atoms with van der Waals surface area (Å²) in [5.41, 5.74) is 0.494. The monoisotopic (exact) mass is 693 g/mol. The van der Waals surface area contributed by atoms with Crippen molar-refractivity contribution in [2.45, 2.75) is 76.2 Å². The van der Waals surface area contributed by atoms with Gasteiger partial charge in [-0.05, 0) is 56.9 Å². The van der Waals surface area contributed by atoms with E-state index in [0.29, 0.717) is 5.56 Å². The third kappa shape index (κ3) is 14.6. The average molecular weight is 694 g/mol. The highest BCUT2D eigenvalue weighted by Crippen LogP contribution is 2.13. The van der Waals surface area contributed by atoms with Gasteiger partial charge in [0.15, 0.2) is 0 Å². The number of hydrogen-bond acceptors (Lipinski definition) is 9. The first kappa shape index (κ1) is 40.5. The normalized spacial score (nSPS) is 13.2. The molecular weight excluding hydrogens is 646 g/mol. The highest BCUT2D eigenvalue weighted by Gasteiger charge is 2.30. The Kier molecular flexibility index (Phi) is 16.2. The lowest BCUT2D eigenvalue weighted by Crippen LogP contribution is -2.56. The van der Waals surface area contributed by atoms with Crippen molar-refractivity contribution in [3.05, 3.63) is 91.0 Å². The lowest BCUT2D eigenvalue weighted by atomic mass is 10.0. The number of hydrogen-bond donors (Lipinski definition) is 6. The van der Waals surface area contributed by atoms with Gasteiger partial charge >= 0.3 is 12.1 Å². The minimum Gasteiger partial charge on any atom is -0.508 e. The van der Waals surface area contributed by atoms with E-state index in [4.69, 9.17) is 9.47 Å². The standard InChI is InChI=1S/C36H47N5O9/c1-7-12-26(39-33(46)29(41-35(48)50-36(3,4)5)21-24-16-18-25(42)19-17-24)31(44)37-22-30(43)38-28(20-23-14-10-9-11-15-23)32(45)40-27(13-8-2)34(47)49-6/h7-11,14-19,26-29,42H,1-2,12-13,20-22H2,3-6H3,(H,37,44)(H,38,43)(H,39,46)(H,40,45)(H,41,48). The summed E-state index contributed by atoms with van der Waals surface area (Å²) in [6.07, 6.45) is 2.16. The molecule has 2 aromatic rings. The van der Waals surface area contributed by atoms with E-state index >= 15 is 0 Å². The molecule has 4 atom stereocenters. The van der Waals surface area contributed by atoms with Crippen LogP contribution in [0.3, 0.4) is 0 Å². The fourth-order valence-electron chi connectivity index (χ4n) is 4.59. The van der Waals surface area contributed by atoms with Crippen molar-refractivity contribution in [1.29, 1.82) is 0 Å². The van der Waals surface area contributed by atoms with Crippen LogP contribution in [0.25, 0.3) is 0 Å². The lowest BCUT2D eigenvalue weighted by molar-refractivity contribution is -0.145. The summed E-state index contributed by atoms with van der Waals surface area (Å²) in [5.74, 6) is -3.47. The third-order valence-electron chi connectivity index (χ3n) is 6.98. The number of carbonyl (C=O) groups excluding carboxylic acids is 6. The van der Waals surface area contributed by atoms with Crippen molar-refractivity contribution < 1.29 is 43.3 Å². The average Bonchev–Trinajstić information content (AvgIpc) is 3.06. The zero-order valence-electron chi connectivity index (χ0n) is 28.8. The maximum Gasteiger partial charge on any atom is 0.408 e. The summed E-state index contributed by atoms with van der Waals surface area (Å²) in [7, 11) is 1.19. The summed E-state index contributed by atoms with van der Waals surface area (Å²) in [6, 6.07) is 10.4. The summed E-state index contributed by atoms with van der Waals surface area (Å²) in [6.45, 7) is 11.7. The van der Waals surface area contributed by atoms with Crippen LogP contribution in [0.15, 0.2) is 79.9 Å². The molecule has 0 fully saturated rings. The molecule has 0 saturated heterocycles. The van der Waals surface area contributed by atoms with E-state index < -0.39 is 72.0 Å². The van der Waals surface area contributed by atoms with Gasteiger partial charge in [-0.2, -0.15) is 0 Å². The van der Waals surface area contributed by atoms with E-state index in [2.05, 4.69) is 39.7 Å². The van der Waals surface area contributed by atoms with Gasteiger partial charge < -0.3 is 41.2 Å². The number of rotatable bonds is 18. The van der Waals surface area contributed by atoms with Crippen molar-refractivity contribution in [2.75, 3.05) is 13.7 Å². The summed E-state index contributed by atoms with van der Waals surface area (Å²) < 4.78 is 10.1. The largest absolute Gasteiger partial charge is 0.508 e. The summed E-state index contributed by atoms with van der Waals surface area (Å²) >= 11 is 0. The van der Waals surface area contributed by atoms with Gasteiger partial charge in [0, 0.05) is 12.8 Å². The Labute approximate surface area is 292 Å². The number of amides is 5. The van der Waals surface area contributed by atoms with Crippen LogP contribution in [-0.2, 0) is 46.3 Å². The maximum absolute atomic E-state index is 13.4. The molecule has 0 aliphatic rings. The summed E-state index contributed by atoms with van der Waals surface area (Å²) in [5, 5.41) is 22.4. The molecule has 270 valence electrons. The first-order valence-electron chi connectivity index (χ1n) is 15.9. The fourth-order valence-corrected chi connectivity index (χ4v) is 4.59. The van der Waals surface area contributed by atoms with E-state index in [9.17, 15) is 33.9 Å². The minimum atomic E-state index is -1.18. The number of nitrogens with one attached hydrogen (secondary N) is 5. The Bertz CT molecular complexity index is 1490. The fraction of sp³-hybridized carbons (Fsp3) is 0.389. The summed E-state index contributed by atoms with van der Waals surface area (Å²) in [4.78, 5) is 77.7. The maximum atomic E-state index is 13.4. The Balaban J connectivity index is 2.15. The molecule has 0 saturated carbocycles. The minimum absolute atomic E-state index is 0.00465. The van der Waals surface area contributed by atoms with Gasteiger partial charge in [-0.1, -0.05) is 54.6 Å². The molecule has 5 amide bonds. The molecule has 50 heavy (non-hydrogen) atoms. The van der Waals surface area contributed by atoms with Crippen LogP contribution in [0.1, 0.15) is 44.7 Å². The zero-order chi connectivity index (χ0) is 37.3. The van der Waals surface area contributed by atoms with Gasteiger partial charge in [-0.25, -0.2) is 9.59 Å². The van der Waals surface area contributed by atoms with E-state index in [1.54, 1.807) is 63.2 Å². The van der Waals surface area contributed by atoms with Gasteiger partial charge in [-0.15, -0.1) is 13.2 Å². The second-order valence-electron chi connectivity index (χ2n) is 12.3. The van der Waals surface area contributed by atoms with Crippen LogP contribution in [0.5, 0.6) is 5.75 Å². The van der Waals surface area contributed by atoms with Crippen LogP contribution in [0.4, 0.5) is 4.79 Å². The zero-order valence-corrected chi connectivity index (χ0v) is 28.8. The molecule has 0 aliphatic carbocycles. The van der Waals surface area contributed by atoms with Gasteiger partial charge in [0.25, 0.3) is 0 Å². The molecule has 0 bridgehead atoms. The van der Waals surface area contributed by atoms with Gasteiger partial charge in [-0.3, -0.25) is 19.2 Å². The number of phenolic OH excluding ortho intramolecular Hbond substituents is 1. The van der Waals surface area contributed by atoms with E-state index in [1.165, 1.54) is 31.4 Å². The first-order valence-corrected chi connectivity index (χ1v) is 15.9. The lowest BCUT2D eigenvalue weighted by Gasteiger charge is -2.25. The Morgan fingerprint density at radius 1 is 0.720 bits per heavy atom. The highest BCUT2D eigenvalue weighted by molar-refractivity contribution is 5.95. The van der Waals surface area contributed by atoms with Crippen molar-refractivity contribution >= 4 is 35.7 Å². The van der Waals surface area contributed by atoms with Crippen molar-refractivity contribution in [2.24, 2.45) is 0 Å². The molecule has 0 aromatic heterocycles. The SMILES string of the molecule is C=CCC(NC(=O)C(Cc1ccc(O)cc1)NC(=O)OC(C)(C)C)C(=O)NCC(=O)NC(Cc1ccccc1)C(=O)NC(CC=C)C(=O)OC. The molecule has 0 heterocycles. The number of benzene rings is 2. The number of alkyl carbamates (subject to hydrolysis) is 1. The van der Waals surface area contributed by atoms with Crippen LogP contribution in [-0.4, -0.2) is 84.2 Å². The second-order valence-corrected chi connectivity index (χ2v) is 12.3.